The number of ether oxygens (including phenoxy) is 4. The van der Waals surface area contributed by atoms with Gasteiger partial charge in [0.15, 0.2) is 0 Å². The Kier molecular flexibility index (Phi) is 5.46. The summed E-state index contributed by atoms with van der Waals surface area (Å²) in [7, 11) is 0. The van der Waals surface area contributed by atoms with Gasteiger partial charge >= 0.3 is 0 Å². The van der Waals surface area contributed by atoms with Gasteiger partial charge in [0.25, 0.3) is 0 Å². The minimum absolute atomic E-state index is 0.613. The molecule has 8 rings (SSSR count). The average molecular weight is 443 g/mol. The monoisotopic (exact) mass is 442 g/mol. The van der Waals surface area contributed by atoms with E-state index in [2.05, 4.69) is 12.7 Å². The van der Waals surface area contributed by atoms with E-state index >= 15 is 0 Å². The van der Waals surface area contributed by atoms with Crippen LogP contribution in [-0.4, -0.2) is 48.8 Å². The van der Waals surface area contributed by atoms with Gasteiger partial charge in [0.2, 0.25) is 0 Å². The average Bonchev–Trinajstić information content (AvgIpc) is 3.64. The predicted octanol–water partition coefficient (Wildman–Crippen LogP) is 5.44. The van der Waals surface area contributed by atoms with Crippen molar-refractivity contribution < 1.29 is 18.9 Å². The fourth-order valence-electron chi connectivity index (χ4n) is 8.06. The van der Waals surface area contributed by atoms with Crippen molar-refractivity contribution in [1.29, 1.82) is 0 Å². The minimum Gasteiger partial charge on any atom is -0.370 e. The highest BCUT2D eigenvalue weighted by molar-refractivity contribution is 5.00. The van der Waals surface area contributed by atoms with Crippen molar-refractivity contribution in [1.82, 2.24) is 0 Å². The van der Waals surface area contributed by atoms with E-state index in [9.17, 15) is 0 Å². The van der Waals surface area contributed by atoms with E-state index in [4.69, 9.17) is 18.9 Å². The summed E-state index contributed by atoms with van der Waals surface area (Å²) in [5.41, 5.74) is 0. The van der Waals surface area contributed by atoms with Crippen LogP contribution in [0.25, 0.3) is 0 Å². The number of allylic oxidation sites excluding steroid dienone is 1. The summed E-state index contributed by atoms with van der Waals surface area (Å²) in [4.78, 5) is 0. The Bertz CT molecular complexity index is 668. The van der Waals surface area contributed by atoms with Crippen molar-refractivity contribution in [3.8, 4) is 0 Å². The molecule has 4 heteroatoms. The Morgan fingerprint density at radius 3 is 1.41 bits per heavy atom. The van der Waals surface area contributed by atoms with Crippen LogP contribution >= 0.6 is 0 Å². The summed E-state index contributed by atoms with van der Waals surface area (Å²) in [6.45, 7) is 3.78. The molecule has 0 radical (unpaired) electrons. The number of hydrogen-bond donors (Lipinski definition) is 0. The molecule has 8 fully saturated rings. The molecule has 4 aliphatic heterocycles. The van der Waals surface area contributed by atoms with Gasteiger partial charge in [-0.05, 0) is 113 Å². The summed E-state index contributed by atoms with van der Waals surface area (Å²) >= 11 is 0. The second-order valence-electron chi connectivity index (χ2n) is 12.5. The Labute approximate surface area is 193 Å². The highest BCUT2D eigenvalue weighted by Crippen LogP contribution is 2.51. The van der Waals surface area contributed by atoms with Crippen molar-refractivity contribution >= 4 is 0 Å². The smallest absolute Gasteiger partial charge is 0.0847 e. The standard InChI is InChI=1S/C20H30O3.C8H12O/c1-3-15-17(21-15)7-11(1)5-13-9-19-20(23-19)10-14(13)6-12-2-4-16-18(8-12)22-16;1-2-6-3-4-7-8(5-6)9-7/h11-20H,1-10H2;2,6-8H,1,3-5H2. The van der Waals surface area contributed by atoms with Gasteiger partial charge < -0.3 is 18.9 Å². The lowest BCUT2D eigenvalue weighted by atomic mass is 9.68. The molecular formula is C28H42O4. The topological polar surface area (TPSA) is 50.1 Å². The first-order chi connectivity index (χ1) is 15.7. The highest BCUT2D eigenvalue weighted by atomic mass is 16.6. The predicted molar refractivity (Wildman–Crippen MR) is 122 cm³/mol. The summed E-state index contributed by atoms with van der Waals surface area (Å²) < 4.78 is 22.8. The fraction of sp³-hybridized carbons (Fsp3) is 0.929. The normalized spacial score (nSPS) is 56.2. The molecule has 4 heterocycles. The molecule has 178 valence electrons. The van der Waals surface area contributed by atoms with Crippen molar-refractivity contribution in [3.63, 3.8) is 0 Å². The van der Waals surface area contributed by atoms with Gasteiger partial charge in [0.05, 0.1) is 48.8 Å². The first-order valence-electron chi connectivity index (χ1n) is 14.0. The van der Waals surface area contributed by atoms with Crippen molar-refractivity contribution in [2.45, 2.75) is 132 Å². The molecule has 0 N–H and O–H groups in total. The van der Waals surface area contributed by atoms with Gasteiger partial charge in [-0.3, -0.25) is 0 Å². The van der Waals surface area contributed by atoms with E-state index in [0.29, 0.717) is 48.8 Å². The second kappa shape index (κ2) is 8.36. The van der Waals surface area contributed by atoms with E-state index in [1.807, 2.05) is 0 Å². The summed E-state index contributed by atoms with van der Waals surface area (Å²) in [5, 5.41) is 0. The quantitative estimate of drug-likeness (QED) is 0.420. The van der Waals surface area contributed by atoms with Crippen molar-refractivity contribution in [2.24, 2.45) is 29.6 Å². The molecule has 0 bridgehead atoms. The van der Waals surface area contributed by atoms with Crippen LogP contribution in [0.5, 0.6) is 0 Å². The van der Waals surface area contributed by atoms with Crippen LogP contribution in [-0.2, 0) is 18.9 Å². The molecule has 0 aromatic carbocycles. The fourth-order valence-corrected chi connectivity index (χ4v) is 8.06. The maximum Gasteiger partial charge on any atom is 0.0847 e. The third kappa shape index (κ3) is 4.59. The highest BCUT2D eigenvalue weighted by Gasteiger charge is 2.51. The summed E-state index contributed by atoms with van der Waals surface area (Å²) in [6.07, 6.45) is 24.8. The first-order valence-corrected chi connectivity index (χ1v) is 14.0. The van der Waals surface area contributed by atoms with Crippen LogP contribution in [0.15, 0.2) is 12.7 Å². The Morgan fingerprint density at radius 2 is 0.938 bits per heavy atom. The molecule has 0 spiro atoms. The van der Waals surface area contributed by atoms with E-state index in [1.165, 1.54) is 83.5 Å². The lowest BCUT2D eigenvalue weighted by molar-refractivity contribution is 0.160. The summed E-state index contributed by atoms with van der Waals surface area (Å²) in [6, 6.07) is 0. The zero-order valence-corrected chi connectivity index (χ0v) is 19.6. The molecule has 4 saturated heterocycles. The first kappa shape index (κ1) is 20.9. The lowest BCUT2D eigenvalue weighted by Gasteiger charge is -2.35. The van der Waals surface area contributed by atoms with Crippen LogP contribution in [0, 0.1) is 29.6 Å². The van der Waals surface area contributed by atoms with Crippen LogP contribution < -0.4 is 0 Å². The van der Waals surface area contributed by atoms with Crippen LogP contribution in [0.4, 0.5) is 0 Å². The maximum atomic E-state index is 5.93. The molecule has 4 aliphatic carbocycles. The van der Waals surface area contributed by atoms with E-state index < -0.39 is 0 Å². The van der Waals surface area contributed by atoms with E-state index in [0.717, 1.165) is 29.6 Å². The van der Waals surface area contributed by atoms with Crippen LogP contribution in [0.3, 0.4) is 0 Å². The van der Waals surface area contributed by atoms with E-state index in [1.54, 1.807) is 0 Å². The number of fused-ring (bicyclic) bond motifs is 4. The van der Waals surface area contributed by atoms with Gasteiger partial charge in [-0.15, -0.1) is 6.58 Å². The molecule has 0 aromatic rings. The third-order valence-corrected chi connectivity index (χ3v) is 10.3. The largest absolute Gasteiger partial charge is 0.370 e. The minimum atomic E-state index is 0.613. The Hall–Kier alpha value is -0.420. The van der Waals surface area contributed by atoms with E-state index in [-0.39, 0.29) is 0 Å². The lowest BCUT2D eigenvalue weighted by Crippen LogP contribution is -2.30. The molecule has 4 nitrogen and oxygen atoms in total. The van der Waals surface area contributed by atoms with Crippen LogP contribution in [0.1, 0.15) is 83.5 Å². The molecule has 0 aromatic heterocycles. The Balaban J connectivity index is 0.000000168. The van der Waals surface area contributed by atoms with Gasteiger partial charge in [-0.2, -0.15) is 0 Å². The molecule has 13 atom stereocenters. The molecular weight excluding hydrogens is 400 g/mol. The van der Waals surface area contributed by atoms with Gasteiger partial charge in [0, 0.05) is 0 Å². The number of rotatable bonds is 5. The zero-order chi connectivity index (χ0) is 21.2. The molecule has 4 saturated carbocycles. The molecule has 32 heavy (non-hydrogen) atoms. The SMILES string of the molecule is C1CC2OC2CC1CC1CC2OC2CC1CC1CCC2OC2C1.C=CC1CCC2OC2C1. The molecule has 13 unspecified atom stereocenters. The van der Waals surface area contributed by atoms with Gasteiger partial charge in [-0.25, -0.2) is 0 Å². The third-order valence-electron chi connectivity index (χ3n) is 10.3. The molecule has 0 amide bonds. The van der Waals surface area contributed by atoms with Gasteiger partial charge in [-0.1, -0.05) is 6.08 Å². The zero-order valence-electron chi connectivity index (χ0n) is 19.6. The van der Waals surface area contributed by atoms with Crippen molar-refractivity contribution in [2.75, 3.05) is 0 Å². The second-order valence-corrected chi connectivity index (χ2v) is 12.5. The number of epoxide rings is 4. The summed E-state index contributed by atoms with van der Waals surface area (Å²) in [5.74, 6) is 4.47. The maximum absolute atomic E-state index is 5.93. The van der Waals surface area contributed by atoms with Gasteiger partial charge in [0.1, 0.15) is 0 Å². The van der Waals surface area contributed by atoms with Crippen molar-refractivity contribution in [3.05, 3.63) is 12.7 Å². The van der Waals surface area contributed by atoms with Crippen LogP contribution in [0.2, 0.25) is 0 Å². The number of hydrogen-bond acceptors (Lipinski definition) is 4. The Morgan fingerprint density at radius 1 is 0.500 bits per heavy atom. The molecule has 8 aliphatic rings.